The number of piperidine rings is 2. The van der Waals surface area contributed by atoms with Crippen LogP contribution >= 0.6 is 23.1 Å². The molecule has 4 amide bonds. The normalized spacial score (nSPS) is 18.1. The van der Waals surface area contributed by atoms with Crippen molar-refractivity contribution in [3.63, 3.8) is 0 Å². The molecular formula is C48H50BrFN13O6P. The number of carbonyl (C=O) groups is 4. The number of halogens is 2. The summed E-state index contributed by atoms with van der Waals surface area (Å²) < 4.78 is 37.6. The maximum atomic E-state index is 15.7. The minimum Gasteiger partial charge on any atom is -0.494 e. The van der Waals surface area contributed by atoms with Gasteiger partial charge in [0.05, 0.1) is 56.8 Å². The zero-order valence-electron chi connectivity index (χ0n) is 38.9. The number of carbonyl (C=O) groups excluding carboxylic acids is 4. The Kier molecular flexibility index (Phi) is 12.6. The smallest absolute Gasteiger partial charge is 0.262 e. The van der Waals surface area contributed by atoms with Crippen LogP contribution in [0.15, 0.2) is 71.9 Å². The molecule has 3 saturated heterocycles. The number of hydrogen-bond donors (Lipinski definition) is 3. The van der Waals surface area contributed by atoms with Crippen LogP contribution in [0, 0.1) is 11.7 Å². The molecule has 362 valence electrons. The van der Waals surface area contributed by atoms with Crippen LogP contribution in [0.5, 0.6) is 5.75 Å². The Balaban J connectivity index is 0.806. The van der Waals surface area contributed by atoms with E-state index in [1.807, 2.05) is 48.6 Å². The standard InChI is InChI=1S/C48H50BrFN13O6P/c1-59-26-28(23-54-59)29-20-36(56-48-53-24-32(49)44(58-48)55-35-6-5-34-42(52-12-11-51-34)43(35)70(3,4)68)40(69-2)22-38(29)62-17-15-60(16-18-62)25-27-9-13-61(14-10-27)39-21-31-30(19-33(39)50)46(66)63(47(31)67)37-7-8-41(64)57-45(37)65/h5-6,11-12,19-24,26-27,37H,7-10,13-18,25H2,1-4H3,(H,57,64,65)(H2,53,55,56,58). The molecular weight excluding hydrogens is 984 g/mol. The van der Waals surface area contributed by atoms with Crippen molar-refractivity contribution in [3.05, 3.63) is 88.8 Å². The summed E-state index contributed by atoms with van der Waals surface area (Å²) >= 11 is 3.59. The Morgan fingerprint density at radius 1 is 0.843 bits per heavy atom. The molecule has 7 heterocycles. The van der Waals surface area contributed by atoms with Gasteiger partial charge in [-0.25, -0.2) is 9.37 Å². The van der Waals surface area contributed by atoms with E-state index in [4.69, 9.17) is 9.72 Å². The highest BCUT2D eigenvalue weighted by Gasteiger charge is 2.45. The van der Waals surface area contributed by atoms with Crippen LogP contribution in [0.3, 0.4) is 0 Å². The number of methoxy groups -OCH3 is 1. The summed E-state index contributed by atoms with van der Waals surface area (Å²) in [5, 5.41) is 14.0. The van der Waals surface area contributed by atoms with Crippen molar-refractivity contribution in [2.24, 2.45) is 13.0 Å². The highest BCUT2D eigenvalue weighted by Crippen LogP contribution is 2.43. The van der Waals surface area contributed by atoms with E-state index in [9.17, 15) is 23.7 Å². The first-order valence-corrected chi connectivity index (χ1v) is 26.4. The molecule has 1 unspecified atom stereocenters. The molecule has 0 radical (unpaired) electrons. The van der Waals surface area contributed by atoms with Gasteiger partial charge < -0.3 is 29.7 Å². The number of aryl methyl sites for hydroxylation is 1. The second-order valence-corrected chi connectivity index (χ2v) is 22.4. The number of rotatable bonds is 12. The summed E-state index contributed by atoms with van der Waals surface area (Å²) in [5.74, 6) is -1.42. The fraction of sp³-hybridized carbons (Fsp3) is 0.354. The van der Waals surface area contributed by atoms with Crippen molar-refractivity contribution in [3.8, 4) is 16.9 Å². The van der Waals surface area contributed by atoms with Crippen molar-refractivity contribution in [1.29, 1.82) is 0 Å². The van der Waals surface area contributed by atoms with E-state index < -0.39 is 42.6 Å². The van der Waals surface area contributed by atoms with Crippen LogP contribution < -0.4 is 35.8 Å². The van der Waals surface area contributed by atoms with Gasteiger partial charge in [-0.2, -0.15) is 10.1 Å². The highest BCUT2D eigenvalue weighted by molar-refractivity contribution is 9.10. The van der Waals surface area contributed by atoms with Crippen LogP contribution in [0.4, 0.5) is 38.9 Å². The van der Waals surface area contributed by atoms with Gasteiger partial charge >= 0.3 is 0 Å². The fourth-order valence-corrected chi connectivity index (χ4v) is 11.6. The molecule has 70 heavy (non-hydrogen) atoms. The first-order chi connectivity index (χ1) is 33.6. The lowest BCUT2D eigenvalue weighted by atomic mass is 9.95. The second-order valence-electron chi connectivity index (χ2n) is 18.4. The Labute approximate surface area is 410 Å². The number of ether oxygens (including phenoxy) is 1. The van der Waals surface area contributed by atoms with E-state index in [2.05, 4.69) is 61.7 Å². The van der Waals surface area contributed by atoms with Gasteiger partial charge in [0.15, 0.2) is 0 Å². The van der Waals surface area contributed by atoms with Gasteiger partial charge in [-0.15, -0.1) is 0 Å². The molecule has 0 bridgehead atoms. The number of aromatic nitrogens is 6. The molecule has 3 aromatic heterocycles. The monoisotopic (exact) mass is 1030 g/mol. The number of fused-ring (bicyclic) bond motifs is 2. The van der Waals surface area contributed by atoms with E-state index in [1.54, 1.807) is 43.7 Å². The first-order valence-electron chi connectivity index (χ1n) is 23.0. The topological polar surface area (TPSA) is 213 Å². The van der Waals surface area contributed by atoms with Crippen LogP contribution in [0.25, 0.3) is 22.2 Å². The molecule has 3 fully saturated rings. The van der Waals surface area contributed by atoms with Gasteiger partial charge in [0.2, 0.25) is 17.8 Å². The first kappa shape index (κ1) is 46.9. The molecule has 0 saturated carbocycles. The summed E-state index contributed by atoms with van der Waals surface area (Å²) in [7, 11) is 0.680. The predicted molar refractivity (Wildman–Crippen MR) is 267 cm³/mol. The third kappa shape index (κ3) is 9.08. The maximum absolute atomic E-state index is 15.7. The van der Waals surface area contributed by atoms with Gasteiger partial charge in [0.25, 0.3) is 11.8 Å². The van der Waals surface area contributed by atoms with Crippen LogP contribution in [0.1, 0.15) is 46.4 Å². The molecule has 19 nitrogen and oxygen atoms in total. The SMILES string of the molecule is COc1cc(N2CCN(CC3CCN(c4cc5c(cc4F)C(=O)N(C4CCC(=O)NC4=O)C5=O)CC3)CC2)c(-c2cnn(C)c2)cc1Nc1ncc(Br)c(Nc2ccc3nccnc3c2P(C)(C)=O)n1. The number of piperazine rings is 1. The molecule has 3 aromatic carbocycles. The van der Waals surface area contributed by atoms with E-state index in [0.717, 1.165) is 73.3 Å². The lowest BCUT2D eigenvalue weighted by molar-refractivity contribution is -0.136. The molecule has 0 aliphatic carbocycles. The maximum Gasteiger partial charge on any atom is 0.262 e. The van der Waals surface area contributed by atoms with E-state index in [-0.39, 0.29) is 29.7 Å². The Morgan fingerprint density at radius 2 is 1.57 bits per heavy atom. The number of anilines is 6. The lowest BCUT2D eigenvalue weighted by Crippen LogP contribution is -2.54. The van der Waals surface area contributed by atoms with Crippen molar-refractivity contribution < 1.29 is 32.9 Å². The van der Waals surface area contributed by atoms with Gasteiger partial charge in [0.1, 0.15) is 36.1 Å². The lowest BCUT2D eigenvalue weighted by Gasteiger charge is -2.40. The Hall–Kier alpha value is -6.83. The van der Waals surface area contributed by atoms with Crippen LogP contribution in [-0.2, 0) is 21.2 Å². The van der Waals surface area contributed by atoms with Crippen molar-refractivity contribution in [1.82, 2.24) is 44.8 Å². The molecule has 6 aromatic rings. The zero-order chi connectivity index (χ0) is 49.0. The number of hydrogen-bond acceptors (Lipinski definition) is 16. The predicted octanol–water partition coefficient (Wildman–Crippen LogP) is 5.91. The third-order valence-electron chi connectivity index (χ3n) is 13.4. The summed E-state index contributed by atoms with van der Waals surface area (Å²) in [6.07, 6.45) is 10.3. The molecule has 10 rings (SSSR count). The Morgan fingerprint density at radius 3 is 2.27 bits per heavy atom. The molecule has 22 heteroatoms. The summed E-state index contributed by atoms with van der Waals surface area (Å²) in [6.45, 7) is 8.65. The van der Waals surface area contributed by atoms with E-state index in [1.165, 1.54) is 6.07 Å². The molecule has 1 atom stereocenters. The molecule has 4 aliphatic rings. The Bertz CT molecular complexity index is 3150. The average Bonchev–Trinajstić information content (AvgIpc) is 3.88. The number of benzene rings is 3. The summed E-state index contributed by atoms with van der Waals surface area (Å²) in [4.78, 5) is 76.9. The van der Waals surface area contributed by atoms with Crippen molar-refractivity contribution in [2.45, 2.75) is 31.7 Å². The van der Waals surface area contributed by atoms with Gasteiger partial charge in [-0.1, -0.05) is 0 Å². The largest absolute Gasteiger partial charge is 0.494 e. The third-order valence-corrected chi connectivity index (χ3v) is 15.5. The average molecular weight is 1030 g/mol. The number of amides is 4. The van der Waals surface area contributed by atoms with Gasteiger partial charge in [-0.3, -0.25) is 48.9 Å². The van der Waals surface area contributed by atoms with Gasteiger partial charge in [0, 0.05) is 107 Å². The van der Waals surface area contributed by atoms with Gasteiger partial charge in [-0.05, 0) is 84.8 Å². The number of imide groups is 2. The highest BCUT2D eigenvalue weighted by atomic mass is 79.9. The zero-order valence-corrected chi connectivity index (χ0v) is 41.4. The summed E-state index contributed by atoms with van der Waals surface area (Å²) in [6, 6.07) is 9.15. The van der Waals surface area contributed by atoms with Crippen LogP contribution in [-0.4, -0.2) is 135 Å². The van der Waals surface area contributed by atoms with Crippen molar-refractivity contribution >= 4 is 97.6 Å². The minimum absolute atomic E-state index is 0.00713. The van der Waals surface area contributed by atoms with E-state index in [0.29, 0.717) is 68.7 Å². The number of nitrogens with one attached hydrogen (secondary N) is 3. The molecule has 3 N–H and O–H groups in total. The molecule has 4 aliphatic heterocycles. The fourth-order valence-electron chi connectivity index (χ4n) is 9.93. The molecule has 0 spiro atoms. The van der Waals surface area contributed by atoms with Crippen molar-refractivity contribution in [2.75, 3.05) is 86.7 Å². The number of nitrogens with zero attached hydrogens (tertiary/aromatic N) is 10. The van der Waals surface area contributed by atoms with E-state index >= 15 is 4.39 Å². The summed E-state index contributed by atoms with van der Waals surface area (Å²) in [5.41, 5.74) is 5.58. The van der Waals surface area contributed by atoms with Crippen LogP contribution in [0.2, 0.25) is 0 Å². The minimum atomic E-state index is -2.83. The second kappa shape index (κ2) is 18.8. The quantitative estimate of drug-likeness (QED) is 0.0961.